The zero-order chi connectivity index (χ0) is 10.7. The molecule has 0 aromatic carbocycles. The van der Waals surface area contributed by atoms with Crippen molar-refractivity contribution in [1.82, 2.24) is 4.90 Å². The van der Waals surface area contributed by atoms with Gasteiger partial charge in [-0.3, -0.25) is 4.79 Å². The fourth-order valence-corrected chi connectivity index (χ4v) is 1.46. The molecule has 0 aromatic rings. The van der Waals surface area contributed by atoms with Crippen molar-refractivity contribution in [3.8, 4) is 0 Å². The number of nitrogens with zero attached hydrogens (tertiary/aromatic N) is 1. The predicted molar refractivity (Wildman–Crippen MR) is 60.9 cm³/mol. The quantitative estimate of drug-likeness (QED) is 0.699. The van der Waals surface area contributed by atoms with E-state index in [4.69, 9.17) is 18.0 Å². The van der Waals surface area contributed by atoms with Gasteiger partial charge in [-0.2, -0.15) is 0 Å². The number of carbonyl (C=O) groups is 1. The maximum Gasteiger partial charge on any atom is 0.225 e. The van der Waals surface area contributed by atoms with Crippen molar-refractivity contribution < 1.29 is 4.79 Å². The minimum atomic E-state index is 0.118. The minimum Gasteiger partial charge on any atom is -0.393 e. The molecule has 1 aliphatic carbocycles. The Bertz CT molecular complexity index is 238. The average molecular weight is 214 g/mol. The lowest BCUT2D eigenvalue weighted by molar-refractivity contribution is -0.132. The smallest absolute Gasteiger partial charge is 0.225 e. The van der Waals surface area contributed by atoms with E-state index in [0.717, 1.165) is 19.4 Å². The summed E-state index contributed by atoms with van der Waals surface area (Å²) in [6.07, 6.45) is 2.10. The molecule has 1 aliphatic rings. The number of nitrogens with two attached hydrogens (primary N) is 1. The van der Waals surface area contributed by atoms with Crippen molar-refractivity contribution in [3.63, 3.8) is 0 Å². The largest absolute Gasteiger partial charge is 0.393 e. The molecule has 1 atom stereocenters. The highest BCUT2D eigenvalue weighted by molar-refractivity contribution is 7.80. The first-order valence-electron chi connectivity index (χ1n) is 5.14. The Morgan fingerprint density at radius 1 is 1.64 bits per heavy atom. The van der Waals surface area contributed by atoms with Crippen molar-refractivity contribution >= 4 is 23.1 Å². The molecule has 3 nitrogen and oxygen atoms in total. The molecule has 1 fully saturated rings. The fraction of sp³-hybridized carbons (Fsp3) is 0.800. The number of hydrogen-bond acceptors (Lipinski definition) is 2. The highest BCUT2D eigenvalue weighted by Crippen LogP contribution is 2.31. The second-order valence-electron chi connectivity index (χ2n) is 3.95. The summed E-state index contributed by atoms with van der Waals surface area (Å²) >= 11 is 4.89. The Balaban J connectivity index is 2.45. The van der Waals surface area contributed by atoms with Crippen molar-refractivity contribution in [2.24, 2.45) is 17.6 Å². The molecule has 0 heterocycles. The fourth-order valence-electron chi connectivity index (χ4n) is 1.38. The van der Waals surface area contributed by atoms with Gasteiger partial charge in [0.25, 0.3) is 0 Å². The molecule has 2 N–H and O–H groups in total. The lowest BCUT2D eigenvalue weighted by Gasteiger charge is -2.24. The van der Waals surface area contributed by atoms with Crippen LogP contribution in [0.15, 0.2) is 0 Å². The van der Waals surface area contributed by atoms with Gasteiger partial charge in [0.05, 0.1) is 4.99 Å². The standard InChI is InChI=1S/C10H18N2OS/c1-3-12(6-7(2)9(11)14)10(13)8-4-5-8/h7-8H,3-6H2,1-2H3,(H2,11,14). The van der Waals surface area contributed by atoms with Crippen LogP contribution in [0.4, 0.5) is 0 Å². The van der Waals surface area contributed by atoms with Gasteiger partial charge < -0.3 is 10.6 Å². The van der Waals surface area contributed by atoms with Crippen LogP contribution in [0.25, 0.3) is 0 Å². The summed E-state index contributed by atoms with van der Waals surface area (Å²) in [6, 6.07) is 0. The van der Waals surface area contributed by atoms with Gasteiger partial charge in [0.1, 0.15) is 0 Å². The van der Waals surface area contributed by atoms with Crippen molar-refractivity contribution in [2.75, 3.05) is 13.1 Å². The van der Waals surface area contributed by atoms with Crippen LogP contribution in [0, 0.1) is 11.8 Å². The Kier molecular flexibility index (Phi) is 3.86. The lowest BCUT2D eigenvalue weighted by atomic mass is 10.1. The zero-order valence-electron chi connectivity index (χ0n) is 8.82. The first-order chi connectivity index (χ1) is 6.56. The summed E-state index contributed by atoms with van der Waals surface area (Å²) in [5.41, 5.74) is 5.52. The summed E-state index contributed by atoms with van der Waals surface area (Å²) < 4.78 is 0. The van der Waals surface area contributed by atoms with E-state index in [0.29, 0.717) is 11.5 Å². The summed E-state index contributed by atoms with van der Waals surface area (Å²) in [4.78, 5) is 14.1. The number of thiocarbonyl (C=S) groups is 1. The number of hydrogen-bond donors (Lipinski definition) is 1. The molecular formula is C10H18N2OS. The highest BCUT2D eigenvalue weighted by atomic mass is 32.1. The van der Waals surface area contributed by atoms with Gasteiger partial charge >= 0.3 is 0 Å². The van der Waals surface area contributed by atoms with Crippen molar-refractivity contribution in [1.29, 1.82) is 0 Å². The Morgan fingerprint density at radius 2 is 2.21 bits per heavy atom. The maximum absolute atomic E-state index is 11.7. The van der Waals surface area contributed by atoms with E-state index in [2.05, 4.69) is 0 Å². The summed E-state index contributed by atoms with van der Waals surface area (Å²) in [7, 11) is 0. The summed E-state index contributed by atoms with van der Waals surface area (Å²) in [5, 5.41) is 0. The van der Waals surface area contributed by atoms with Crippen LogP contribution >= 0.6 is 12.2 Å². The Hall–Kier alpha value is -0.640. The van der Waals surface area contributed by atoms with Crippen LogP contribution < -0.4 is 5.73 Å². The van der Waals surface area contributed by atoms with Gasteiger partial charge in [-0.1, -0.05) is 19.1 Å². The molecular weight excluding hydrogens is 196 g/mol. The van der Waals surface area contributed by atoms with E-state index in [9.17, 15) is 4.79 Å². The van der Waals surface area contributed by atoms with Gasteiger partial charge in [0.2, 0.25) is 5.91 Å². The maximum atomic E-state index is 11.7. The second kappa shape index (κ2) is 4.73. The monoisotopic (exact) mass is 214 g/mol. The van der Waals surface area contributed by atoms with Crippen LogP contribution in [0.5, 0.6) is 0 Å². The summed E-state index contributed by atoms with van der Waals surface area (Å²) in [6.45, 7) is 5.38. The van der Waals surface area contributed by atoms with Crippen LogP contribution in [0.3, 0.4) is 0 Å². The average Bonchev–Trinajstić information content (AvgIpc) is 2.95. The Morgan fingerprint density at radius 3 is 2.57 bits per heavy atom. The normalized spacial score (nSPS) is 17.6. The molecule has 1 saturated carbocycles. The molecule has 1 rings (SSSR count). The van der Waals surface area contributed by atoms with Gasteiger partial charge in [-0.05, 0) is 19.8 Å². The second-order valence-corrected chi connectivity index (χ2v) is 4.43. The molecule has 4 heteroatoms. The first-order valence-corrected chi connectivity index (χ1v) is 5.55. The van der Waals surface area contributed by atoms with Gasteiger partial charge in [-0.25, -0.2) is 0 Å². The minimum absolute atomic E-state index is 0.118. The number of rotatable bonds is 5. The molecule has 14 heavy (non-hydrogen) atoms. The predicted octanol–water partition coefficient (Wildman–Crippen LogP) is 1.17. The van der Waals surface area contributed by atoms with Crippen molar-refractivity contribution in [3.05, 3.63) is 0 Å². The molecule has 0 aromatic heterocycles. The molecule has 0 saturated heterocycles. The zero-order valence-corrected chi connectivity index (χ0v) is 9.64. The van der Waals surface area contributed by atoms with E-state index in [-0.39, 0.29) is 17.7 Å². The third kappa shape index (κ3) is 2.94. The van der Waals surface area contributed by atoms with Crippen LogP contribution in [-0.2, 0) is 4.79 Å². The molecule has 1 amide bonds. The van der Waals surface area contributed by atoms with E-state index in [1.165, 1.54) is 0 Å². The van der Waals surface area contributed by atoms with E-state index >= 15 is 0 Å². The number of carbonyl (C=O) groups excluding carboxylic acids is 1. The first kappa shape index (κ1) is 11.4. The van der Waals surface area contributed by atoms with Crippen LogP contribution in [0.2, 0.25) is 0 Å². The summed E-state index contributed by atoms with van der Waals surface area (Å²) in [5.74, 6) is 0.678. The molecule has 0 spiro atoms. The molecule has 0 bridgehead atoms. The van der Waals surface area contributed by atoms with Crippen molar-refractivity contribution in [2.45, 2.75) is 26.7 Å². The molecule has 0 aliphatic heterocycles. The van der Waals surface area contributed by atoms with Gasteiger partial charge in [-0.15, -0.1) is 0 Å². The SMILES string of the molecule is CCN(CC(C)C(N)=S)C(=O)C1CC1. The third-order valence-electron chi connectivity index (χ3n) is 2.60. The Labute approximate surface area is 90.6 Å². The van der Waals surface area contributed by atoms with Gasteiger partial charge in [0.15, 0.2) is 0 Å². The molecule has 80 valence electrons. The van der Waals surface area contributed by atoms with Gasteiger partial charge in [0, 0.05) is 24.9 Å². The number of amides is 1. The van der Waals surface area contributed by atoms with Crippen LogP contribution in [-0.4, -0.2) is 28.9 Å². The molecule has 0 radical (unpaired) electrons. The molecule has 1 unspecified atom stereocenters. The van der Waals surface area contributed by atoms with E-state index < -0.39 is 0 Å². The lowest BCUT2D eigenvalue weighted by Crippen LogP contribution is -2.38. The van der Waals surface area contributed by atoms with E-state index in [1.54, 1.807) is 0 Å². The van der Waals surface area contributed by atoms with Crippen LogP contribution in [0.1, 0.15) is 26.7 Å². The topological polar surface area (TPSA) is 46.3 Å². The third-order valence-corrected chi connectivity index (χ3v) is 3.00. The van der Waals surface area contributed by atoms with E-state index in [1.807, 2.05) is 18.7 Å². The highest BCUT2D eigenvalue weighted by Gasteiger charge is 2.33.